The summed E-state index contributed by atoms with van der Waals surface area (Å²) < 4.78 is 0. The number of hydrogen-bond acceptors (Lipinski definition) is 4. The number of nitrogens with zero attached hydrogens (tertiary/aromatic N) is 1. The van der Waals surface area contributed by atoms with E-state index in [4.69, 9.17) is 0 Å². The first-order valence-electron chi connectivity index (χ1n) is 7.27. The number of carbonyl (C=O) groups is 1. The van der Waals surface area contributed by atoms with Gasteiger partial charge in [-0.2, -0.15) is 0 Å². The molecule has 1 aromatic rings. The lowest BCUT2D eigenvalue weighted by molar-refractivity contribution is -0.383. The molecule has 6 heteroatoms. The van der Waals surface area contributed by atoms with Crippen LogP contribution in [0.2, 0.25) is 0 Å². The second-order valence-corrected chi connectivity index (χ2v) is 5.62. The van der Waals surface area contributed by atoms with Crippen molar-refractivity contribution in [1.29, 1.82) is 0 Å². The van der Waals surface area contributed by atoms with Gasteiger partial charge in [0.25, 0.3) is 11.6 Å². The van der Waals surface area contributed by atoms with Gasteiger partial charge in [-0.1, -0.05) is 19.8 Å². The van der Waals surface area contributed by atoms with Crippen molar-refractivity contribution in [2.45, 2.75) is 26.2 Å². The number of nitrogens with one attached hydrogen (secondary N) is 2. The lowest BCUT2D eigenvalue weighted by Crippen LogP contribution is -2.30. The zero-order valence-electron chi connectivity index (χ0n) is 12.4. The van der Waals surface area contributed by atoms with Crippen LogP contribution in [0.5, 0.6) is 0 Å². The molecule has 1 aromatic carbocycles. The van der Waals surface area contributed by atoms with Gasteiger partial charge in [0.2, 0.25) is 0 Å². The number of rotatable bonds is 5. The molecule has 6 nitrogen and oxygen atoms in total. The molecule has 1 amide bonds. The molecule has 0 aliphatic heterocycles. The van der Waals surface area contributed by atoms with Crippen molar-refractivity contribution in [3.63, 3.8) is 0 Å². The minimum atomic E-state index is -0.465. The normalized spacial score (nSPS) is 21.0. The van der Waals surface area contributed by atoms with E-state index in [0.717, 1.165) is 6.42 Å². The van der Waals surface area contributed by atoms with Crippen LogP contribution in [0.1, 0.15) is 36.5 Å². The minimum absolute atomic E-state index is 0.0292. The van der Waals surface area contributed by atoms with Crippen LogP contribution in [0.4, 0.5) is 11.4 Å². The van der Waals surface area contributed by atoms with Crippen molar-refractivity contribution in [2.24, 2.45) is 11.8 Å². The Bertz CT molecular complexity index is 545. The molecule has 114 valence electrons. The van der Waals surface area contributed by atoms with Gasteiger partial charge in [-0.05, 0) is 30.4 Å². The summed E-state index contributed by atoms with van der Waals surface area (Å²) in [6.07, 6.45) is 3.61. The first-order chi connectivity index (χ1) is 10.0. The molecule has 1 fully saturated rings. The van der Waals surface area contributed by atoms with Gasteiger partial charge >= 0.3 is 0 Å². The van der Waals surface area contributed by atoms with Gasteiger partial charge in [-0.15, -0.1) is 0 Å². The number of nitro groups is 1. The highest BCUT2D eigenvalue weighted by atomic mass is 16.6. The second-order valence-electron chi connectivity index (χ2n) is 5.62. The molecule has 21 heavy (non-hydrogen) atoms. The summed E-state index contributed by atoms with van der Waals surface area (Å²) in [6.45, 7) is 2.89. The number of benzene rings is 1. The smallest absolute Gasteiger partial charge is 0.292 e. The van der Waals surface area contributed by atoms with Gasteiger partial charge in [-0.3, -0.25) is 14.9 Å². The molecule has 0 bridgehead atoms. The summed E-state index contributed by atoms with van der Waals surface area (Å²) in [7, 11) is 1.60. The van der Waals surface area contributed by atoms with E-state index in [0.29, 0.717) is 29.6 Å². The maximum absolute atomic E-state index is 12.1. The Morgan fingerprint density at radius 2 is 2.19 bits per heavy atom. The topological polar surface area (TPSA) is 84.3 Å². The lowest BCUT2D eigenvalue weighted by atomic mass is 9.98. The molecule has 2 N–H and O–H groups in total. The quantitative estimate of drug-likeness (QED) is 0.645. The van der Waals surface area contributed by atoms with Gasteiger partial charge in [-0.25, -0.2) is 0 Å². The summed E-state index contributed by atoms with van der Waals surface area (Å²) in [6, 6.07) is 4.37. The molecular weight excluding hydrogens is 270 g/mol. The third-order valence-electron chi connectivity index (χ3n) is 4.29. The summed E-state index contributed by atoms with van der Waals surface area (Å²) in [5.74, 6) is 1.01. The Hall–Kier alpha value is -2.11. The van der Waals surface area contributed by atoms with Crippen LogP contribution in [0.15, 0.2) is 18.2 Å². The molecule has 0 aromatic heterocycles. The highest BCUT2D eigenvalue weighted by Gasteiger charge is 2.24. The van der Waals surface area contributed by atoms with E-state index in [1.807, 2.05) is 0 Å². The van der Waals surface area contributed by atoms with Crippen molar-refractivity contribution in [1.82, 2.24) is 5.32 Å². The molecule has 1 aliphatic carbocycles. The largest absolute Gasteiger partial charge is 0.383 e. The Morgan fingerprint density at radius 3 is 2.76 bits per heavy atom. The van der Waals surface area contributed by atoms with Crippen molar-refractivity contribution < 1.29 is 9.72 Å². The molecule has 0 radical (unpaired) electrons. The fourth-order valence-electron chi connectivity index (χ4n) is 2.89. The third-order valence-corrected chi connectivity index (χ3v) is 4.29. The lowest BCUT2D eigenvalue weighted by Gasteiger charge is -2.16. The monoisotopic (exact) mass is 291 g/mol. The Balaban J connectivity index is 2.03. The SMILES string of the molecule is CNc1cc(C(=O)NCC2CCCC2C)ccc1[N+](=O)[O-]. The molecule has 2 rings (SSSR count). The second kappa shape index (κ2) is 6.56. The van der Waals surface area contributed by atoms with Gasteiger partial charge in [0.15, 0.2) is 0 Å². The van der Waals surface area contributed by atoms with Crippen LogP contribution in [0.3, 0.4) is 0 Å². The third kappa shape index (κ3) is 3.51. The van der Waals surface area contributed by atoms with Crippen molar-refractivity contribution in [3.8, 4) is 0 Å². The van der Waals surface area contributed by atoms with E-state index < -0.39 is 4.92 Å². The zero-order chi connectivity index (χ0) is 15.4. The van der Waals surface area contributed by atoms with Gasteiger partial charge in [0.05, 0.1) is 4.92 Å². The highest BCUT2D eigenvalue weighted by Crippen LogP contribution is 2.30. The average molecular weight is 291 g/mol. The molecule has 2 unspecified atom stereocenters. The Kier molecular flexibility index (Phi) is 4.77. The van der Waals surface area contributed by atoms with E-state index >= 15 is 0 Å². The van der Waals surface area contributed by atoms with Crippen molar-refractivity contribution >= 4 is 17.3 Å². The van der Waals surface area contributed by atoms with Gasteiger partial charge in [0.1, 0.15) is 5.69 Å². The van der Waals surface area contributed by atoms with Crippen LogP contribution in [-0.2, 0) is 0 Å². The van der Waals surface area contributed by atoms with Crippen LogP contribution in [-0.4, -0.2) is 24.4 Å². The van der Waals surface area contributed by atoms with Crippen molar-refractivity contribution in [2.75, 3.05) is 18.9 Å². The van der Waals surface area contributed by atoms with Crippen molar-refractivity contribution in [3.05, 3.63) is 33.9 Å². The molecule has 1 saturated carbocycles. The molecule has 0 heterocycles. The summed E-state index contributed by atoms with van der Waals surface area (Å²) in [5.41, 5.74) is 0.760. The van der Waals surface area contributed by atoms with E-state index in [1.165, 1.54) is 31.0 Å². The number of hydrogen-bond donors (Lipinski definition) is 2. The molecule has 1 aliphatic rings. The zero-order valence-corrected chi connectivity index (χ0v) is 12.4. The maximum atomic E-state index is 12.1. The first kappa shape index (κ1) is 15.3. The molecule has 2 atom stereocenters. The van der Waals surface area contributed by atoms with Crippen LogP contribution in [0, 0.1) is 22.0 Å². The molecule has 0 spiro atoms. The summed E-state index contributed by atoms with van der Waals surface area (Å²) >= 11 is 0. The Labute approximate surface area is 124 Å². The van der Waals surface area contributed by atoms with E-state index in [1.54, 1.807) is 7.05 Å². The summed E-state index contributed by atoms with van der Waals surface area (Å²) in [5, 5.41) is 16.6. The van der Waals surface area contributed by atoms with E-state index in [-0.39, 0.29) is 11.6 Å². The summed E-state index contributed by atoms with van der Waals surface area (Å²) in [4.78, 5) is 22.5. The maximum Gasteiger partial charge on any atom is 0.292 e. The van der Waals surface area contributed by atoms with Crippen LogP contribution >= 0.6 is 0 Å². The number of amides is 1. The average Bonchev–Trinajstić information content (AvgIpc) is 2.89. The van der Waals surface area contributed by atoms with E-state index in [2.05, 4.69) is 17.6 Å². The number of carbonyl (C=O) groups excluding carboxylic acids is 1. The first-order valence-corrected chi connectivity index (χ1v) is 7.27. The van der Waals surface area contributed by atoms with Crippen LogP contribution in [0.25, 0.3) is 0 Å². The fraction of sp³-hybridized carbons (Fsp3) is 0.533. The van der Waals surface area contributed by atoms with Gasteiger partial charge < -0.3 is 10.6 Å². The highest BCUT2D eigenvalue weighted by molar-refractivity contribution is 5.95. The predicted octanol–water partition coefficient (Wildman–Crippen LogP) is 2.80. The van der Waals surface area contributed by atoms with Gasteiger partial charge in [0, 0.05) is 25.2 Å². The van der Waals surface area contributed by atoms with Crippen LogP contribution < -0.4 is 10.6 Å². The standard InChI is InChI=1S/C15H21N3O3/c1-10-4-3-5-12(10)9-17-15(19)11-6-7-14(18(20)21)13(8-11)16-2/h6-8,10,12,16H,3-5,9H2,1-2H3,(H,17,19). The number of nitro benzene ring substituents is 1. The number of anilines is 1. The predicted molar refractivity (Wildman–Crippen MR) is 81.5 cm³/mol. The Morgan fingerprint density at radius 1 is 1.43 bits per heavy atom. The fourth-order valence-corrected chi connectivity index (χ4v) is 2.89. The molecule has 0 saturated heterocycles. The molecular formula is C15H21N3O3. The van der Waals surface area contributed by atoms with E-state index in [9.17, 15) is 14.9 Å². The minimum Gasteiger partial charge on any atom is -0.383 e.